The molecule has 1 aliphatic rings. The Labute approximate surface area is 101 Å². The highest BCUT2D eigenvalue weighted by atomic mass is 35.5. The minimum absolute atomic E-state index is 0.188. The van der Waals surface area contributed by atoms with Crippen LogP contribution in [0.5, 0.6) is 0 Å². The number of carbonyl (C=O) groups excluding carboxylic acids is 2. The lowest BCUT2D eigenvalue weighted by Gasteiger charge is -2.24. The van der Waals surface area contributed by atoms with Crippen molar-refractivity contribution in [3.63, 3.8) is 0 Å². The number of hydrogen-bond donors (Lipinski definition) is 1. The third kappa shape index (κ3) is 4.39. The van der Waals surface area contributed by atoms with Gasteiger partial charge in [0.15, 0.2) is 0 Å². The quantitative estimate of drug-likeness (QED) is 0.754. The summed E-state index contributed by atoms with van der Waals surface area (Å²) < 4.78 is 0. The maximum Gasteiger partial charge on any atom is 0.324 e. The molecule has 92 valence electrons. The second-order valence-corrected chi connectivity index (χ2v) is 4.95. The van der Waals surface area contributed by atoms with Crippen LogP contribution in [0.15, 0.2) is 0 Å². The molecule has 1 rings (SSSR count). The number of nitrogens with one attached hydrogen (secondary N) is 1. The molecule has 1 fully saturated rings. The zero-order chi connectivity index (χ0) is 12.1. The van der Waals surface area contributed by atoms with E-state index in [-0.39, 0.29) is 24.2 Å². The van der Waals surface area contributed by atoms with Gasteiger partial charge in [0.05, 0.1) is 0 Å². The van der Waals surface area contributed by atoms with Crippen molar-refractivity contribution >= 4 is 23.5 Å². The molecule has 1 aliphatic carbocycles. The number of amides is 3. The fourth-order valence-electron chi connectivity index (χ4n) is 1.52. The van der Waals surface area contributed by atoms with E-state index in [1.165, 1.54) is 0 Å². The smallest absolute Gasteiger partial charge is 0.321 e. The van der Waals surface area contributed by atoms with Crippen LogP contribution in [0.4, 0.5) is 4.79 Å². The maximum atomic E-state index is 11.8. The van der Waals surface area contributed by atoms with Crippen LogP contribution in [0.2, 0.25) is 0 Å². The van der Waals surface area contributed by atoms with E-state index in [0.717, 1.165) is 12.8 Å². The summed E-state index contributed by atoms with van der Waals surface area (Å²) in [6.07, 6.45) is 2.28. The van der Waals surface area contributed by atoms with Gasteiger partial charge in [0.25, 0.3) is 0 Å². The van der Waals surface area contributed by atoms with Crippen molar-refractivity contribution in [2.45, 2.75) is 39.2 Å². The van der Waals surface area contributed by atoms with Crippen LogP contribution in [0.25, 0.3) is 0 Å². The van der Waals surface area contributed by atoms with Gasteiger partial charge in [0.1, 0.15) is 0 Å². The summed E-state index contributed by atoms with van der Waals surface area (Å²) in [6.45, 7) is 4.82. The Morgan fingerprint density at radius 2 is 2.06 bits per heavy atom. The number of rotatable bonds is 5. The molecule has 0 atom stereocenters. The van der Waals surface area contributed by atoms with E-state index in [1.807, 2.05) is 0 Å². The van der Waals surface area contributed by atoms with Crippen molar-refractivity contribution in [3.8, 4) is 0 Å². The lowest BCUT2D eigenvalue weighted by molar-refractivity contribution is -0.119. The van der Waals surface area contributed by atoms with Gasteiger partial charge in [0, 0.05) is 24.9 Å². The van der Waals surface area contributed by atoms with Gasteiger partial charge in [-0.1, -0.05) is 13.8 Å². The van der Waals surface area contributed by atoms with E-state index in [0.29, 0.717) is 18.5 Å². The maximum absolute atomic E-state index is 11.8. The molecule has 4 nitrogen and oxygen atoms in total. The number of urea groups is 1. The summed E-state index contributed by atoms with van der Waals surface area (Å²) in [5.41, 5.74) is 0. The molecule has 0 spiro atoms. The van der Waals surface area contributed by atoms with Crippen molar-refractivity contribution in [3.05, 3.63) is 0 Å². The molecular weight excluding hydrogens is 228 g/mol. The Hall–Kier alpha value is -0.770. The molecule has 0 saturated heterocycles. The average molecular weight is 247 g/mol. The number of nitrogens with zero attached hydrogens (tertiary/aromatic N) is 1. The summed E-state index contributed by atoms with van der Waals surface area (Å²) in [4.78, 5) is 24.8. The molecule has 0 radical (unpaired) electrons. The number of imide groups is 1. The van der Waals surface area contributed by atoms with Crippen LogP contribution in [-0.4, -0.2) is 35.3 Å². The zero-order valence-electron chi connectivity index (χ0n) is 9.83. The Balaban J connectivity index is 2.44. The Morgan fingerprint density at radius 3 is 2.50 bits per heavy atom. The molecule has 0 heterocycles. The van der Waals surface area contributed by atoms with E-state index in [1.54, 1.807) is 4.90 Å². The molecule has 0 aliphatic heterocycles. The molecule has 0 bridgehead atoms. The third-order valence-electron chi connectivity index (χ3n) is 2.38. The van der Waals surface area contributed by atoms with Gasteiger partial charge in [-0.15, -0.1) is 11.6 Å². The molecule has 0 aromatic rings. The van der Waals surface area contributed by atoms with Gasteiger partial charge < -0.3 is 4.90 Å². The van der Waals surface area contributed by atoms with Gasteiger partial charge >= 0.3 is 6.03 Å². The largest absolute Gasteiger partial charge is 0.324 e. The van der Waals surface area contributed by atoms with Crippen molar-refractivity contribution in [2.24, 2.45) is 5.92 Å². The standard InChI is InChI=1S/C11H19ClN2O2/c1-8(2)7-14(9-3-4-9)11(16)13-10(15)5-6-12/h8-9H,3-7H2,1-2H3,(H,13,15,16). The molecule has 5 heteroatoms. The summed E-state index contributed by atoms with van der Waals surface area (Å²) in [5, 5.41) is 2.37. The molecule has 0 aromatic heterocycles. The highest BCUT2D eigenvalue weighted by molar-refractivity contribution is 6.19. The second-order valence-electron chi connectivity index (χ2n) is 4.57. The molecule has 1 N–H and O–H groups in total. The lowest BCUT2D eigenvalue weighted by Crippen LogP contribution is -2.45. The monoisotopic (exact) mass is 246 g/mol. The SMILES string of the molecule is CC(C)CN(C(=O)NC(=O)CCCl)C1CC1. The average Bonchev–Trinajstić information content (AvgIpc) is 2.97. The van der Waals surface area contributed by atoms with Crippen molar-refractivity contribution < 1.29 is 9.59 Å². The van der Waals surface area contributed by atoms with Crippen molar-refractivity contribution in [2.75, 3.05) is 12.4 Å². The summed E-state index contributed by atoms with van der Waals surface area (Å²) in [5.74, 6) is 0.357. The molecule has 16 heavy (non-hydrogen) atoms. The van der Waals surface area contributed by atoms with Gasteiger partial charge in [-0.2, -0.15) is 0 Å². The van der Waals surface area contributed by atoms with Crippen molar-refractivity contribution in [1.82, 2.24) is 10.2 Å². The lowest BCUT2D eigenvalue weighted by atomic mass is 10.2. The minimum atomic E-state index is -0.297. The van der Waals surface area contributed by atoms with Gasteiger partial charge in [-0.25, -0.2) is 4.79 Å². The van der Waals surface area contributed by atoms with E-state index in [2.05, 4.69) is 19.2 Å². The molecule has 0 unspecified atom stereocenters. The molecule has 0 aromatic carbocycles. The molecule has 3 amide bonds. The van der Waals surface area contributed by atoms with E-state index in [9.17, 15) is 9.59 Å². The van der Waals surface area contributed by atoms with Crippen LogP contribution in [-0.2, 0) is 4.79 Å². The summed E-state index contributed by atoms with van der Waals surface area (Å²) >= 11 is 5.43. The fraction of sp³-hybridized carbons (Fsp3) is 0.818. The van der Waals surface area contributed by atoms with Crippen LogP contribution in [0.1, 0.15) is 33.1 Å². The Bertz CT molecular complexity index is 265. The van der Waals surface area contributed by atoms with Gasteiger partial charge in [-0.3, -0.25) is 10.1 Å². The zero-order valence-corrected chi connectivity index (χ0v) is 10.6. The number of hydrogen-bond acceptors (Lipinski definition) is 2. The number of halogens is 1. The van der Waals surface area contributed by atoms with Gasteiger partial charge in [-0.05, 0) is 18.8 Å². The highest BCUT2D eigenvalue weighted by Gasteiger charge is 2.33. The highest BCUT2D eigenvalue weighted by Crippen LogP contribution is 2.27. The van der Waals surface area contributed by atoms with E-state index in [4.69, 9.17) is 11.6 Å². The minimum Gasteiger partial charge on any atom is -0.321 e. The summed E-state index contributed by atoms with van der Waals surface area (Å²) in [7, 11) is 0. The molecular formula is C11H19ClN2O2. The van der Waals surface area contributed by atoms with E-state index >= 15 is 0 Å². The van der Waals surface area contributed by atoms with Gasteiger partial charge in [0.2, 0.25) is 5.91 Å². The van der Waals surface area contributed by atoms with Crippen LogP contribution in [0.3, 0.4) is 0 Å². The second kappa shape index (κ2) is 6.09. The number of carbonyl (C=O) groups is 2. The van der Waals surface area contributed by atoms with Crippen LogP contribution < -0.4 is 5.32 Å². The van der Waals surface area contributed by atoms with Crippen LogP contribution in [0, 0.1) is 5.92 Å². The summed E-state index contributed by atoms with van der Waals surface area (Å²) in [6, 6.07) is 0.0533. The first-order chi connectivity index (χ1) is 7.54. The first-order valence-corrected chi connectivity index (χ1v) is 6.24. The van der Waals surface area contributed by atoms with Crippen molar-refractivity contribution in [1.29, 1.82) is 0 Å². The van der Waals surface area contributed by atoms with Crippen LogP contribution >= 0.6 is 11.6 Å². The van der Waals surface area contributed by atoms with E-state index < -0.39 is 0 Å². The Kier molecular flexibility index (Phi) is 5.06. The number of alkyl halides is 1. The first kappa shape index (κ1) is 13.3. The third-order valence-corrected chi connectivity index (χ3v) is 2.57. The first-order valence-electron chi connectivity index (χ1n) is 5.71. The molecule has 1 saturated carbocycles. The predicted molar refractivity (Wildman–Crippen MR) is 63.4 cm³/mol. The predicted octanol–water partition coefficient (Wildman–Crippen LogP) is 1.97. The normalized spacial score (nSPS) is 15.0. The topological polar surface area (TPSA) is 49.4 Å². The Morgan fingerprint density at radius 1 is 1.44 bits per heavy atom. The fourth-order valence-corrected chi connectivity index (χ4v) is 1.69.